The predicted molar refractivity (Wildman–Crippen MR) is 117 cm³/mol. The first-order valence-electron chi connectivity index (χ1n) is 10.1. The molecule has 1 N–H and O–H groups in total. The van der Waals surface area contributed by atoms with Crippen molar-refractivity contribution in [3.63, 3.8) is 0 Å². The van der Waals surface area contributed by atoms with Crippen LogP contribution in [0.25, 0.3) is 0 Å². The quantitative estimate of drug-likeness (QED) is 0.782. The Labute approximate surface area is 176 Å². The van der Waals surface area contributed by atoms with Crippen LogP contribution in [0.4, 0.5) is 11.4 Å². The fourth-order valence-electron chi connectivity index (χ4n) is 4.08. The van der Waals surface area contributed by atoms with Crippen molar-refractivity contribution in [2.45, 2.75) is 30.4 Å². The van der Waals surface area contributed by atoms with Gasteiger partial charge in [-0.25, -0.2) is 8.42 Å². The number of nitrogens with zero attached hydrogens (tertiary/aromatic N) is 2. The number of amides is 1. The predicted octanol–water partition coefficient (Wildman–Crippen LogP) is 3.63. The summed E-state index contributed by atoms with van der Waals surface area (Å²) >= 11 is 1.21. The van der Waals surface area contributed by atoms with Gasteiger partial charge in [0.05, 0.1) is 5.92 Å². The topological polar surface area (TPSA) is 69.7 Å². The average molecular weight is 434 g/mol. The van der Waals surface area contributed by atoms with E-state index < -0.39 is 10.0 Å². The van der Waals surface area contributed by atoms with Gasteiger partial charge in [-0.1, -0.05) is 13.0 Å². The number of piperidine rings is 1. The molecule has 29 heavy (non-hydrogen) atoms. The first kappa shape index (κ1) is 20.4. The van der Waals surface area contributed by atoms with Crippen LogP contribution in [0.1, 0.15) is 26.2 Å². The van der Waals surface area contributed by atoms with E-state index in [0.29, 0.717) is 29.5 Å². The first-order valence-corrected chi connectivity index (χ1v) is 12.4. The van der Waals surface area contributed by atoms with Gasteiger partial charge in [-0.2, -0.15) is 4.31 Å². The number of anilines is 2. The second-order valence-corrected chi connectivity index (χ2v) is 11.1. The van der Waals surface area contributed by atoms with Gasteiger partial charge < -0.3 is 10.2 Å². The third-order valence-corrected chi connectivity index (χ3v) is 9.01. The van der Waals surface area contributed by atoms with Gasteiger partial charge in [-0.05, 0) is 60.9 Å². The zero-order chi connectivity index (χ0) is 20.4. The molecule has 6 nitrogen and oxygen atoms in total. The number of thiophene rings is 1. The summed E-state index contributed by atoms with van der Waals surface area (Å²) in [5, 5.41) is 4.73. The van der Waals surface area contributed by atoms with Crippen molar-refractivity contribution < 1.29 is 13.2 Å². The second kappa shape index (κ2) is 8.45. The number of hydrogen-bond donors (Lipinski definition) is 1. The smallest absolute Gasteiger partial charge is 0.252 e. The second-order valence-electron chi connectivity index (χ2n) is 8.01. The number of hydrogen-bond acceptors (Lipinski definition) is 5. The molecule has 0 saturated carbocycles. The molecule has 2 aliphatic rings. The molecule has 0 bridgehead atoms. The monoisotopic (exact) mass is 433 g/mol. The Hall–Kier alpha value is -1.90. The molecule has 1 aromatic carbocycles. The molecule has 2 atom stereocenters. The molecule has 2 unspecified atom stereocenters. The van der Waals surface area contributed by atoms with E-state index in [1.54, 1.807) is 17.5 Å². The van der Waals surface area contributed by atoms with Gasteiger partial charge in [0, 0.05) is 37.6 Å². The van der Waals surface area contributed by atoms with Crippen LogP contribution in [0.15, 0.2) is 46.0 Å². The molecule has 0 spiro atoms. The summed E-state index contributed by atoms with van der Waals surface area (Å²) < 4.78 is 27.3. The fraction of sp³-hybridized carbons (Fsp3) is 0.476. The van der Waals surface area contributed by atoms with Gasteiger partial charge in [-0.3, -0.25) is 4.79 Å². The lowest BCUT2D eigenvalue weighted by molar-refractivity contribution is -0.120. The lowest BCUT2D eigenvalue weighted by Crippen LogP contribution is -2.43. The number of carbonyl (C=O) groups excluding carboxylic acids is 1. The summed E-state index contributed by atoms with van der Waals surface area (Å²) in [6.07, 6.45) is 2.60. The number of sulfonamides is 1. The highest BCUT2D eigenvalue weighted by Gasteiger charge is 2.33. The average Bonchev–Trinajstić information content (AvgIpc) is 3.41. The number of nitrogens with one attached hydrogen (secondary N) is 1. The van der Waals surface area contributed by atoms with Crippen molar-refractivity contribution in [3.8, 4) is 0 Å². The van der Waals surface area contributed by atoms with E-state index in [9.17, 15) is 13.2 Å². The van der Waals surface area contributed by atoms with Crippen LogP contribution < -0.4 is 10.2 Å². The van der Waals surface area contributed by atoms with Crippen molar-refractivity contribution >= 4 is 38.6 Å². The van der Waals surface area contributed by atoms with Gasteiger partial charge in [0.2, 0.25) is 5.91 Å². The number of rotatable bonds is 5. The minimum absolute atomic E-state index is 0.112. The van der Waals surface area contributed by atoms with Crippen molar-refractivity contribution in [2.75, 3.05) is 36.4 Å². The molecular weight excluding hydrogens is 406 g/mol. The Bertz CT molecular complexity index is 942. The highest BCUT2D eigenvalue weighted by molar-refractivity contribution is 7.91. The number of benzene rings is 1. The van der Waals surface area contributed by atoms with E-state index in [4.69, 9.17) is 0 Å². The minimum atomic E-state index is -3.51. The van der Waals surface area contributed by atoms with Crippen LogP contribution in [-0.2, 0) is 14.8 Å². The zero-order valence-corrected chi connectivity index (χ0v) is 18.2. The van der Waals surface area contributed by atoms with Gasteiger partial charge in [0.25, 0.3) is 10.0 Å². The molecule has 1 amide bonds. The minimum Gasteiger partial charge on any atom is -0.371 e. The lowest BCUT2D eigenvalue weighted by Gasteiger charge is -2.30. The molecule has 3 heterocycles. The van der Waals surface area contributed by atoms with Crippen molar-refractivity contribution in [1.82, 2.24) is 4.31 Å². The molecule has 2 fully saturated rings. The van der Waals surface area contributed by atoms with E-state index in [0.717, 1.165) is 18.8 Å². The van der Waals surface area contributed by atoms with E-state index in [-0.39, 0.29) is 18.4 Å². The molecular formula is C21H27N3O3S2. The molecule has 8 heteroatoms. The molecule has 2 aliphatic heterocycles. The van der Waals surface area contributed by atoms with E-state index in [1.807, 2.05) is 24.3 Å². The summed E-state index contributed by atoms with van der Waals surface area (Å²) in [5.41, 5.74) is 1.93. The summed E-state index contributed by atoms with van der Waals surface area (Å²) in [7, 11) is -3.51. The third-order valence-electron chi connectivity index (χ3n) is 5.77. The maximum absolute atomic E-state index is 12.8. The van der Waals surface area contributed by atoms with E-state index in [2.05, 4.69) is 17.1 Å². The van der Waals surface area contributed by atoms with Crippen LogP contribution >= 0.6 is 11.3 Å². The fourth-order valence-corrected chi connectivity index (χ4v) is 6.75. The van der Waals surface area contributed by atoms with Crippen molar-refractivity contribution in [3.05, 3.63) is 41.8 Å². The Morgan fingerprint density at radius 3 is 2.55 bits per heavy atom. The van der Waals surface area contributed by atoms with Crippen LogP contribution in [0, 0.1) is 11.8 Å². The molecule has 4 rings (SSSR count). The number of carbonyl (C=O) groups is 1. The Balaban J connectivity index is 1.38. The molecule has 1 aromatic heterocycles. The SMILES string of the molecule is CC1CCN(c2ccc(NC(=O)C3CCCN(S(=O)(=O)c4cccs4)C3)cc2)C1. The lowest BCUT2D eigenvalue weighted by atomic mass is 9.98. The van der Waals surface area contributed by atoms with E-state index >= 15 is 0 Å². The Morgan fingerprint density at radius 2 is 1.90 bits per heavy atom. The Kier molecular flexibility index (Phi) is 5.94. The van der Waals surface area contributed by atoms with Crippen LogP contribution in [0.3, 0.4) is 0 Å². The maximum atomic E-state index is 12.8. The summed E-state index contributed by atoms with van der Waals surface area (Å²) in [6, 6.07) is 11.3. The standard InChI is InChI=1S/C21H27N3O3S2/c1-16-10-12-23(14-16)19-8-6-18(7-9-19)22-21(25)17-4-2-11-24(15-17)29(26,27)20-5-3-13-28-20/h3,5-9,13,16-17H,2,4,10-12,14-15H2,1H3,(H,22,25). The molecule has 156 valence electrons. The van der Waals surface area contributed by atoms with Crippen LogP contribution in [-0.4, -0.2) is 44.8 Å². The first-order chi connectivity index (χ1) is 13.9. The third kappa shape index (κ3) is 4.49. The molecule has 0 aliphatic carbocycles. The van der Waals surface area contributed by atoms with Crippen molar-refractivity contribution in [1.29, 1.82) is 0 Å². The van der Waals surface area contributed by atoms with Gasteiger partial charge in [0.1, 0.15) is 4.21 Å². The van der Waals surface area contributed by atoms with Crippen LogP contribution in [0.5, 0.6) is 0 Å². The zero-order valence-electron chi connectivity index (χ0n) is 16.6. The molecule has 2 aromatic rings. The normalized spacial score (nSPS) is 23.3. The summed E-state index contributed by atoms with van der Waals surface area (Å²) in [4.78, 5) is 15.1. The van der Waals surface area contributed by atoms with Gasteiger partial charge in [0.15, 0.2) is 0 Å². The Morgan fingerprint density at radius 1 is 1.10 bits per heavy atom. The van der Waals surface area contributed by atoms with Crippen molar-refractivity contribution in [2.24, 2.45) is 11.8 Å². The van der Waals surface area contributed by atoms with Gasteiger partial charge in [-0.15, -0.1) is 11.3 Å². The maximum Gasteiger partial charge on any atom is 0.252 e. The summed E-state index contributed by atoms with van der Waals surface area (Å²) in [5.74, 6) is 0.269. The largest absolute Gasteiger partial charge is 0.371 e. The van der Waals surface area contributed by atoms with Crippen LogP contribution in [0.2, 0.25) is 0 Å². The van der Waals surface area contributed by atoms with Gasteiger partial charge >= 0.3 is 0 Å². The highest BCUT2D eigenvalue weighted by atomic mass is 32.2. The molecule has 0 radical (unpaired) electrons. The highest BCUT2D eigenvalue weighted by Crippen LogP contribution is 2.28. The summed E-state index contributed by atoms with van der Waals surface area (Å²) in [6.45, 7) is 5.11. The molecule has 2 saturated heterocycles. The van der Waals surface area contributed by atoms with E-state index in [1.165, 1.54) is 27.8 Å².